The number of nitrogens with zero attached hydrogens (tertiary/aromatic N) is 2. The maximum Gasteiger partial charge on any atom is 0.328 e. The van der Waals surface area contributed by atoms with Crippen molar-refractivity contribution in [1.29, 1.82) is 0 Å². The third-order valence-corrected chi connectivity index (χ3v) is 4.81. The van der Waals surface area contributed by atoms with E-state index in [1.165, 1.54) is 18.9 Å². The molecule has 8 nitrogen and oxygen atoms in total. The smallest absolute Gasteiger partial charge is 0.328 e. The normalized spacial score (nSPS) is 13.5. The molecule has 2 heterocycles. The Morgan fingerprint density at radius 2 is 2.19 bits per heavy atom. The van der Waals surface area contributed by atoms with E-state index in [-0.39, 0.29) is 17.6 Å². The molecule has 0 radical (unpaired) electrons. The van der Waals surface area contributed by atoms with Crippen LogP contribution in [0, 0.1) is 12.8 Å². The summed E-state index contributed by atoms with van der Waals surface area (Å²) in [6.45, 7) is 5.72. The SMILES string of the molecule is CCC(C)C(NC(=O)CSc1n[nH]c(/C=C/c2ccc(C)o2)n1)C(=O)OC. The average molecular weight is 392 g/mol. The maximum absolute atomic E-state index is 12.2. The van der Waals surface area contributed by atoms with Crippen molar-refractivity contribution in [2.75, 3.05) is 12.9 Å². The highest BCUT2D eigenvalue weighted by Crippen LogP contribution is 2.15. The first kappa shape index (κ1) is 20.8. The summed E-state index contributed by atoms with van der Waals surface area (Å²) in [7, 11) is 1.31. The number of methoxy groups -OCH3 is 1. The second-order valence-corrected chi connectivity index (χ2v) is 6.97. The first-order valence-electron chi connectivity index (χ1n) is 8.59. The predicted molar refractivity (Wildman–Crippen MR) is 103 cm³/mol. The topological polar surface area (TPSA) is 110 Å². The summed E-state index contributed by atoms with van der Waals surface area (Å²) in [5.41, 5.74) is 0. The van der Waals surface area contributed by atoms with Gasteiger partial charge in [0.2, 0.25) is 11.1 Å². The van der Waals surface area contributed by atoms with Crippen molar-refractivity contribution in [1.82, 2.24) is 20.5 Å². The first-order valence-corrected chi connectivity index (χ1v) is 9.58. The Morgan fingerprint density at radius 3 is 2.81 bits per heavy atom. The molecule has 2 aromatic heterocycles. The van der Waals surface area contributed by atoms with E-state index in [9.17, 15) is 9.59 Å². The summed E-state index contributed by atoms with van der Waals surface area (Å²) in [5.74, 6) is 1.47. The third-order valence-electron chi connectivity index (χ3n) is 3.97. The number of ether oxygens (including phenoxy) is 1. The molecule has 9 heteroatoms. The number of esters is 1. The van der Waals surface area contributed by atoms with Gasteiger partial charge in [-0.05, 0) is 37.1 Å². The van der Waals surface area contributed by atoms with Gasteiger partial charge in [0.15, 0.2) is 0 Å². The van der Waals surface area contributed by atoms with E-state index in [1.54, 1.807) is 12.2 Å². The van der Waals surface area contributed by atoms with E-state index < -0.39 is 12.0 Å². The number of carbonyl (C=O) groups is 2. The number of hydrogen-bond acceptors (Lipinski definition) is 7. The standard InChI is InChI=1S/C18H24N4O4S/c1-5-11(2)16(17(24)25-4)20-15(23)10-27-18-19-14(21-22-18)9-8-13-7-6-12(3)26-13/h6-9,11,16H,5,10H2,1-4H3,(H,20,23)(H,19,21,22)/b9-8+. The number of furan rings is 1. The Labute approximate surface area is 162 Å². The molecule has 2 N–H and O–H groups in total. The summed E-state index contributed by atoms with van der Waals surface area (Å²) in [4.78, 5) is 28.3. The summed E-state index contributed by atoms with van der Waals surface area (Å²) >= 11 is 1.18. The highest BCUT2D eigenvalue weighted by atomic mass is 32.2. The lowest BCUT2D eigenvalue weighted by atomic mass is 9.99. The Bertz CT molecular complexity index is 799. The van der Waals surface area contributed by atoms with Gasteiger partial charge in [-0.2, -0.15) is 0 Å². The molecule has 0 fully saturated rings. The monoisotopic (exact) mass is 392 g/mol. The van der Waals surface area contributed by atoms with E-state index in [1.807, 2.05) is 32.9 Å². The second-order valence-electron chi connectivity index (χ2n) is 6.03. The van der Waals surface area contributed by atoms with Crippen molar-refractivity contribution in [2.24, 2.45) is 5.92 Å². The van der Waals surface area contributed by atoms with E-state index in [0.717, 1.165) is 17.9 Å². The summed E-state index contributed by atoms with van der Waals surface area (Å²) < 4.78 is 10.2. The molecule has 0 aliphatic carbocycles. The molecule has 146 valence electrons. The van der Waals surface area contributed by atoms with Crippen molar-refractivity contribution < 1.29 is 18.7 Å². The minimum Gasteiger partial charge on any atom is -0.467 e. The maximum atomic E-state index is 12.2. The van der Waals surface area contributed by atoms with Crippen LogP contribution >= 0.6 is 11.8 Å². The fourth-order valence-electron chi connectivity index (χ4n) is 2.24. The van der Waals surface area contributed by atoms with Gasteiger partial charge in [-0.25, -0.2) is 9.78 Å². The number of aromatic nitrogens is 3. The minimum atomic E-state index is -0.657. The molecule has 0 aliphatic rings. The van der Waals surface area contributed by atoms with Gasteiger partial charge in [-0.3, -0.25) is 9.89 Å². The quantitative estimate of drug-likeness (QED) is 0.498. The number of nitrogens with one attached hydrogen (secondary N) is 2. The molecule has 2 atom stereocenters. The van der Waals surface area contributed by atoms with Crippen molar-refractivity contribution in [3.63, 3.8) is 0 Å². The zero-order valence-electron chi connectivity index (χ0n) is 15.8. The van der Waals surface area contributed by atoms with Crippen LogP contribution in [0.5, 0.6) is 0 Å². The molecule has 2 unspecified atom stereocenters. The third kappa shape index (κ3) is 6.28. The number of carbonyl (C=O) groups excluding carboxylic acids is 2. The van der Waals surface area contributed by atoms with Gasteiger partial charge >= 0.3 is 5.97 Å². The summed E-state index contributed by atoms with van der Waals surface area (Å²) in [6, 6.07) is 3.08. The van der Waals surface area contributed by atoms with E-state index >= 15 is 0 Å². The van der Waals surface area contributed by atoms with Crippen LogP contribution < -0.4 is 5.32 Å². The zero-order valence-corrected chi connectivity index (χ0v) is 16.6. The largest absolute Gasteiger partial charge is 0.467 e. The fraction of sp³-hybridized carbons (Fsp3) is 0.444. The lowest BCUT2D eigenvalue weighted by Crippen LogP contribution is -2.46. The van der Waals surface area contributed by atoms with Crippen LogP contribution in [0.15, 0.2) is 21.7 Å². The number of aromatic amines is 1. The van der Waals surface area contributed by atoms with Gasteiger partial charge < -0.3 is 14.5 Å². The van der Waals surface area contributed by atoms with Crippen molar-refractivity contribution >= 4 is 35.8 Å². The lowest BCUT2D eigenvalue weighted by molar-refractivity contribution is -0.146. The van der Waals surface area contributed by atoms with Gasteiger partial charge in [0.25, 0.3) is 0 Å². The van der Waals surface area contributed by atoms with Gasteiger partial charge in [0.1, 0.15) is 23.4 Å². The highest BCUT2D eigenvalue weighted by molar-refractivity contribution is 7.99. The Kier molecular flexibility index (Phi) is 7.66. The Hall–Kier alpha value is -2.55. The lowest BCUT2D eigenvalue weighted by Gasteiger charge is -2.21. The molecule has 0 aliphatic heterocycles. The molecular formula is C18H24N4O4S. The summed E-state index contributed by atoms with van der Waals surface area (Å²) in [5, 5.41) is 10.0. The van der Waals surface area contributed by atoms with Crippen LogP contribution in [0.1, 0.15) is 37.6 Å². The van der Waals surface area contributed by atoms with Gasteiger partial charge in [-0.1, -0.05) is 32.0 Å². The van der Waals surface area contributed by atoms with Gasteiger partial charge in [-0.15, -0.1) is 5.10 Å². The number of thioether (sulfide) groups is 1. The van der Waals surface area contributed by atoms with E-state index in [0.29, 0.717) is 11.0 Å². The van der Waals surface area contributed by atoms with Crippen LogP contribution in [-0.2, 0) is 14.3 Å². The van der Waals surface area contributed by atoms with E-state index in [4.69, 9.17) is 9.15 Å². The van der Waals surface area contributed by atoms with Gasteiger partial charge in [0, 0.05) is 0 Å². The molecule has 27 heavy (non-hydrogen) atoms. The Balaban J connectivity index is 1.87. The zero-order chi connectivity index (χ0) is 19.8. The van der Waals surface area contributed by atoms with Gasteiger partial charge in [0.05, 0.1) is 12.9 Å². The van der Waals surface area contributed by atoms with Crippen LogP contribution in [-0.4, -0.2) is 46.0 Å². The highest BCUT2D eigenvalue weighted by Gasteiger charge is 2.26. The minimum absolute atomic E-state index is 0.0168. The molecule has 1 amide bonds. The number of rotatable bonds is 9. The molecule has 0 saturated carbocycles. The van der Waals surface area contributed by atoms with Crippen LogP contribution in [0.3, 0.4) is 0 Å². The second kappa shape index (κ2) is 9.96. The molecular weight excluding hydrogens is 368 g/mol. The first-order chi connectivity index (χ1) is 12.9. The molecule has 0 spiro atoms. The predicted octanol–water partition coefficient (Wildman–Crippen LogP) is 2.67. The number of hydrogen-bond donors (Lipinski definition) is 2. The number of H-pyrrole nitrogens is 1. The molecule has 2 aromatic rings. The molecule has 0 saturated heterocycles. The molecule has 0 bridgehead atoms. The van der Waals surface area contributed by atoms with Crippen molar-refractivity contribution in [2.45, 2.75) is 38.4 Å². The average Bonchev–Trinajstić information content (AvgIpc) is 3.30. The molecule has 0 aromatic carbocycles. The summed E-state index contributed by atoms with van der Waals surface area (Å²) in [6.07, 6.45) is 4.27. The van der Waals surface area contributed by atoms with Crippen LogP contribution in [0.25, 0.3) is 12.2 Å². The molecule has 2 rings (SSSR count). The number of amides is 1. The van der Waals surface area contributed by atoms with Crippen molar-refractivity contribution in [3.8, 4) is 0 Å². The van der Waals surface area contributed by atoms with E-state index in [2.05, 4.69) is 20.5 Å². The fourth-order valence-corrected chi connectivity index (χ4v) is 2.86. The number of aryl methyl sites for hydroxylation is 1. The Morgan fingerprint density at radius 1 is 1.41 bits per heavy atom. The van der Waals surface area contributed by atoms with Crippen LogP contribution in [0.4, 0.5) is 0 Å². The van der Waals surface area contributed by atoms with Crippen LogP contribution in [0.2, 0.25) is 0 Å². The van der Waals surface area contributed by atoms with Crippen molar-refractivity contribution in [3.05, 3.63) is 29.5 Å².